The molecule has 0 spiro atoms. The Morgan fingerprint density at radius 2 is 1.96 bits per heavy atom. The van der Waals surface area contributed by atoms with Crippen molar-refractivity contribution in [2.75, 3.05) is 5.32 Å². The van der Waals surface area contributed by atoms with Crippen molar-refractivity contribution in [3.8, 4) is 5.69 Å². The van der Waals surface area contributed by atoms with Crippen LogP contribution in [-0.2, 0) is 12.8 Å². The number of carbonyl (C=O) groups excluding carboxylic acids is 1. The van der Waals surface area contributed by atoms with Crippen molar-refractivity contribution in [3.05, 3.63) is 53.1 Å². The third-order valence-corrected chi connectivity index (χ3v) is 5.20. The van der Waals surface area contributed by atoms with Gasteiger partial charge < -0.3 is 0 Å². The van der Waals surface area contributed by atoms with Crippen molar-refractivity contribution in [3.63, 3.8) is 0 Å². The van der Waals surface area contributed by atoms with E-state index in [1.165, 1.54) is 30.5 Å². The van der Waals surface area contributed by atoms with Crippen molar-refractivity contribution in [1.82, 2.24) is 19.7 Å². The molecule has 0 saturated heterocycles. The molecular formula is C17H17N5OS. The lowest BCUT2D eigenvalue weighted by atomic mass is 10.2. The second kappa shape index (κ2) is 6.52. The molecule has 0 aliphatic heterocycles. The predicted molar refractivity (Wildman–Crippen MR) is 92.7 cm³/mol. The average Bonchev–Trinajstić information content (AvgIpc) is 3.21. The van der Waals surface area contributed by atoms with E-state index in [1.807, 2.05) is 12.1 Å². The van der Waals surface area contributed by atoms with Gasteiger partial charge in [0.15, 0.2) is 5.13 Å². The highest BCUT2D eigenvalue weighted by atomic mass is 32.1. The number of benzene rings is 1. The number of aromatic nitrogens is 4. The van der Waals surface area contributed by atoms with Gasteiger partial charge in [-0.05, 0) is 49.9 Å². The van der Waals surface area contributed by atoms with Crippen LogP contribution in [0.15, 0.2) is 36.9 Å². The number of fused-ring (bicyclic) bond motifs is 1. The van der Waals surface area contributed by atoms with Crippen LogP contribution in [0.4, 0.5) is 5.13 Å². The molecule has 1 aliphatic carbocycles. The maximum absolute atomic E-state index is 12.4. The lowest BCUT2D eigenvalue weighted by Crippen LogP contribution is -2.11. The number of aryl methyl sites for hydroxylation is 2. The maximum atomic E-state index is 12.4. The van der Waals surface area contributed by atoms with Crippen LogP contribution < -0.4 is 5.32 Å². The predicted octanol–water partition coefficient (Wildman–Crippen LogP) is 3.25. The molecule has 1 aromatic carbocycles. The molecule has 0 atom stereocenters. The summed E-state index contributed by atoms with van der Waals surface area (Å²) in [4.78, 5) is 22.3. The van der Waals surface area contributed by atoms with Crippen LogP contribution in [0.1, 0.15) is 40.2 Å². The van der Waals surface area contributed by atoms with Crippen LogP contribution in [0.5, 0.6) is 0 Å². The maximum Gasteiger partial charge on any atom is 0.257 e. The highest BCUT2D eigenvalue weighted by Crippen LogP contribution is 2.29. The third kappa shape index (κ3) is 3.07. The van der Waals surface area contributed by atoms with E-state index in [1.54, 1.807) is 34.5 Å². The molecule has 0 bridgehead atoms. The van der Waals surface area contributed by atoms with Crippen LogP contribution in [0.3, 0.4) is 0 Å². The number of rotatable bonds is 3. The molecule has 4 rings (SSSR count). The Morgan fingerprint density at radius 1 is 1.12 bits per heavy atom. The fraction of sp³-hybridized carbons (Fsp3) is 0.294. The molecule has 3 aromatic rings. The van der Waals surface area contributed by atoms with Crippen LogP contribution >= 0.6 is 11.3 Å². The monoisotopic (exact) mass is 339 g/mol. The van der Waals surface area contributed by atoms with E-state index in [4.69, 9.17) is 0 Å². The van der Waals surface area contributed by atoms with Gasteiger partial charge in [-0.3, -0.25) is 10.1 Å². The molecule has 1 aliphatic rings. The Balaban J connectivity index is 1.48. The van der Waals surface area contributed by atoms with E-state index in [-0.39, 0.29) is 5.91 Å². The van der Waals surface area contributed by atoms with E-state index in [0.717, 1.165) is 24.2 Å². The Hall–Kier alpha value is -2.54. The third-order valence-electron chi connectivity index (χ3n) is 4.13. The zero-order valence-electron chi connectivity index (χ0n) is 13.1. The number of nitrogens with one attached hydrogen (secondary N) is 1. The number of anilines is 1. The summed E-state index contributed by atoms with van der Waals surface area (Å²) in [6.07, 6.45) is 8.87. The summed E-state index contributed by atoms with van der Waals surface area (Å²) in [5.74, 6) is -0.135. The van der Waals surface area contributed by atoms with Gasteiger partial charge in [0.1, 0.15) is 12.7 Å². The van der Waals surface area contributed by atoms with Crippen LogP contribution in [0, 0.1) is 0 Å². The SMILES string of the molecule is O=C(Nc1nc2c(s1)CCCCC2)c1ccc(-n2cncn2)cc1. The molecule has 0 saturated carbocycles. The van der Waals surface area contributed by atoms with Crippen LogP contribution in [-0.4, -0.2) is 25.7 Å². The fourth-order valence-corrected chi connectivity index (χ4v) is 3.90. The zero-order chi connectivity index (χ0) is 16.4. The van der Waals surface area contributed by atoms with Gasteiger partial charge in [-0.25, -0.2) is 14.6 Å². The molecule has 122 valence electrons. The normalized spacial score (nSPS) is 14.0. The molecule has 0 radical (unpaired) electrons. The zero-order valence-corrected chi connectivity index (χ0v) is 13.9. The molecule has 2 aromatic heterocycles. The number of hydrogen-bond acceptors (Lipinski definition) is 5. The summed E-state index contributed by atoms with van der Waals surface area (Å²) >= 11 is 1.61. The molecule has 7 heteroatoms. The summed E-state index contributed by atoms with van der Waals surface area (Å²) in [7, 11) is 0. The second-order valence-corrected chi connectivity index (χ2v) is 6.87. The lowest BCUT2D eigenvalue weighted by molar-refractivity contribution is 0.102. The summed E-state index contributed by atoms with van der Waals surface area (Å²) in [6.45, 7) is 0. The van der Waals surface area contributed by atoms with Gasteiger partial charge in [-0.15, -0.1) is 11.3 Å². The highest BCUT2D eigenvalue weighted by Gasteiger charge is 2.16. The van der Waals surface area contributed by atoms with E-state index in [0.29, 0.717) is 10.7 Å². The summed E-state index contributed by atoms with van der Waals surface area (Å²) in [6, 6.07) is 7.26. The van der Waals surface area contributed by atoms with Gasteiger partial charge in [0, 0.05) is 10.4 Å². The van der Waals surface area contributed by atoms with Gasteiger partial charge in [0.2, 0.25) is 0 Å². The average molecular weight is 339 g/mol. The molecule has 1 N–H and O–H groups in total. The van der Waals surface area contributed by atoms with Gasteiger partial charge >= 0.3 is 0 Å². The molecular weight excluding hydrogens is 322 g/mol. The Kier molecular flexibility index (Phi) is 4.08. The minimum atomic E-state index is -0.135. The van der Waals surface area contributed by atoms with Crippen molar-refractivity contribution >= 4 is 22.4 Å². The van der Waals surface area contributed by atoms with Gasteiger partial charge in [-0.2, -0.15) is 5.10 Å². The summed E-state index contributed by atoms with van der Waals surface area (Å²) < 4.78 is 1.65. The Morgan fingerprint density at radius 3 is 2.75 bits per heavy atom. The molecule has 0 fully saturated rings. The first-order chi connectivity index (χ1) is 11.8. The van der Waals surface area contributed by atoms with Crippen LogP contribution in [0.25, 0.3) is 5.69 Å². The Bertz CT molecular complexity index is 815. The summed E-state index contributed by atoms with van der Waals surface area (Å²) in [5.41, 5.74) is 2.63. The topological polar surface area (TPSA) is 72.7 Å². The lowest BCUT2D eigenvalue weighted by Gasteiger charge is -2.04. The van der Waals surface area contributed by atoms with Crippen molar-refractivity contribution in [1.29, 1.82) is 0 Å². The second-order valence-electron chi connectivity index (χ2n) is 5.79. The minimum absolute atomic E-state index is 0.135. The van der Waals surface area contributed by atoms with Crippen molar-refractivity contribution < 1.29 is 4.79 Å². The smallest absolute Gasteiger partial charge is 0.257 e. The van der Waals surface area contributed by atoms with E-state index in [2.05, 4.69) is 20.4 Å². The number of thiazole rings is 1. The minimum Gasteiger partial charge on any atom is -0.298 e. The van der Waals surface area contributed by atoms with E-state index in [9.17, 15) is 4.79 Å². The van der Waals surface area contributed by atoms with E-state index >= 15 is 0 Å². The Labute approximate surface area is 143 Å². The number of hydrogen-bond donors (Lipinski definition) is 1. The number of nitrogens with zero attached hydrogens (tertiary/aromatic N) is 4. The first kappa shape index (κ1) is 15.0. The van der Waals surface area contributed by atoms with Gasteiger partial charge in [-0.1, -0.05) is 6.42 Å². The van der Waals surface area contributed by atoms with Crippen molar-refractivity contribution in [2.45, 2.75) is 32.1 Å². The summed E-state index contributed by atoms with van der Waals surface area (Å²) in [5, 5.41) is 7.70. The molecule has 1 amide bonds. The highest BCUT2D eigenvalue weighted by molar-refractivity contribution is 7.15. The number of amides is 1. The van der Waals surface area contributed by atoms with E-state index < -0.39 is 0 Å². The first-order valence-electron chi connectivity index (χ1n) is 8.04. The molecule has 24 heavy (non-hydrogen) atoms. The van der Waals surface area contributed by atoms with Gasteiger partial charge in [0.05, 0.1) is 11.4 Å². The largest absolute Gasteiger partial charge is 0.298 e. The number of carbonyl (C=O) groups is 1. The molecule has 0 unspecified atom stereocenters. The fourth-order valence-electron chi connectivity index (χ4n) is 2.86. The van der Waals surface area contributed by atoms with Crippen molar-refractivity contribution in [2.24, 2.45) is 0 Å². The molecule has 6 nitrogen and oxygen atoms in total. The van der Waals surface area contributed by atoms with Crippen LogP contribution in [0.2, 0.25) is 0 Å². The standard InChI is InChI=1S/C17H17N5OS/c23-16(12-6-8-13(9-7-12)22-11-18-10-19-22)21-17-20-14-4-2-1-3-5-15(14)24-17/h6-11H,1-5H2,(H,20,21,23). The first-order valence-corrected chi connectivity index (χ1v) is 8.86. The van der Waals surface area contributed by atoms with Gasteiger partial charge in [0.25, 0.3) is 5.91 Å². The molecule has 2 heterocycles. The quantitative estimate of drug-likeness (QED) is 0.744.